The fourth-order valence-electron chi connectivity index (χ4n) is 3.44. The van der Waals surface area contributed by atoms with Crippen LogP contribution in [0.3, 0.4) is 0 Å². The van der Waals surface area contributed by atoms with E-state index in [0.717, 1.165) is 31.2 Å². The molecule has 0 unspecified atom stereocenters. The number of rotatable bonds is 6. The minimum Gasteiger partial charge on any atom is -0.480 e. The monoisotopic (exact) mass is 340 g/mol. The number of ether oxygens (including phenoxy) is 1. The summed E-state index contributed by atoms with van der Waals surface area (Å²) in [5.41, 5.74) is 0.641. The van der Waals surface area contributed by atoms with Crippen LogP contribution in [-0.2, 0) is 6.54 Å². The Morgan fingerprint density at radius 3 is 2.60 bits per heavy atom. The van der Waals surface area contributed by atoms with Gasteiger partial charge in [0.1, 0.15) is 5.56 Å². The highest BCUT2D eigenvalue weighted by Gasteiger charge is 2.35. The molecule has 25 heavy (non-hydrogen) atoms. The van der Waals surface area contributed by atoms with Crippen LogP contribution in [0.1, 0.15) is 41.6 Å². The van der Waals surface area contributed by atoms with Gasteiger partial charge in [-0.2, -0.15) is 0 Å². The number of aliphatic hydroxyl groups is 1. The topological polar surface area (TPSA) is 62.7 Å². The molecule has 0 aliphatic heterocycles. The third-order valence-electron chi connectivity index (χ3n) is 4.72. The van der Waals surface area contributed by atoms with E-state index in [1.807, 2.05) is 30.3 Å². The number of hydrogen-bond acceptors (Lipinski definition) is 4. The van der Waals surface area contributed by atoms with Crippen molar-refractivity contribution < 1.29 is 14.6 Å². The Bertz CT molecular complexity index is 712. The molecule has 1 heterocycles. The predicted molar refractivity (Wildman–Crippen MR) is 95.4 cm³/mol. The molecule has 5 nitrogen and oxygen atoms in total. The van der Waals surface area contributed by atoms with Crippen molar-refractivity contribution in [1.29, 1.82) is 0 Å². The molecule has 1 N–H and O–H groups in total. The van der Waals surface area contributed by atoms with Crippen molar-refractivity contribution in [3.8, 4) is 5.88 Å². The van der Waals surface area contributed by atoms with Gasteiger partial charge in [0.05, 0.1) is 19.3 Å². The van der Waals surface area contributed by atoms with E-state index in [9.17, 15) is 9.90 Å². The largest absolute Gasteiger partial charge is 0.480 e. The first kappa shape index (κ1) is 17.4. The smallest absolute Gasteiger partial charge is 0.259 e. The SMILES string of the molecule is COc1ncccc1C(=O)N(Cc1ccccc1)CC1(O)CCCC1. The van der Waals surface area contributed by atoms with Crippen molar-refractivity contribution in [1.82, 2.24) is 9.88 Å². The summed E-state index contributed by atoms with van der Waals surface area (Å²) >= 11 is 0. The highest BCUT2D eigenvalue weighted by atomic mass is 16.5. The number of nitrogens with zero attached hydrogens (tertiary/aromatic N) is 2. The molecule has 1 amide bonds. The lowest BCUT2D eigenvalue weighted by Gasteiger charge is -2.31. The Morgan fingerprint density at radius 2 is 1.92 bits per heavy atom. The molecule has 1 fully saturated rings. The quantitative estimate of drug-likeness (QED) is 0.878. The van der Waals surface area contributed by atoms with Gasteiger partial charge in [-0.15, -0.1) is 0 Å². The van der Waals surface area contributed by atoms with Crippen molar-refractivity contribution in [2.24, 2.45) is 0 Å². The molecule has 1 aromatic heterocycles. The summed E-state index contributed by atoms with van der Waals surface area (Å²) in [6, 6.07) is 13.3. The second-order valence-corrected chi connectivity index (χ2v) is 6.64. The van der Waals surface area contributed by atoms with E-state index in [0.29, 0.717) is 24.5 Å². The molecule has 3 rings (SSSR count). The van der Waals surface area contributed by atoms with E-state index in [2.05, 4.69) is 4.98 Å². The van der Waals surface area contributed by atoms with E-state index in [1.54, 1.807) is 23.2 Å². The van der Waals surface area contributed by atoms with Crippen LogP contribution < -0.4 is 4.74 Å². The van der Waals surface area contributed by atoms with Gasteiger partial charge in [-0.05, 0) is 30.5 Å². The second kappa shape index (κ2) is 7.66. The van der Waals surface area contributed by atoms with Gasteiger partial charge >= 0.3 is 0 Å². The zero-order chi connectivity index (χ0) is 17.7. The molecule has 1 aliphatic carbocycles. The maximum Gasteiger partial charge on any atom is 0.259 e. The van der Waals surface area contributed by atoms with Crippen molar-refractivity contribution in [2.45, 2.75) is 37.8 Å². The van der Waals surface area contributed by atoms with Crippen LogP contribution >= 0.6 is 0 Å². The number of aromatic nitrogens is 1. The molecule has 1 aliphatic rings. The Balaban J connectivity index is 1.88. The minimum absolute atomic E-state index is 0.172. The van der Waals surface area contributed by atoms with Gasteiger partial charge in [0.15, 0.2) is 0 Å². The predicted octanol–water partition coefficient (Wildman–Crippen LogP) is 3.04. The highest BCUT2D eigenvalue weighted by Crippen LogP contribution is 2.31. The first-order valence-electron chi connectivity index (χ1n) is 8.66. The Hall–Kier alpha value is -2.40. The van der Waals surface area contributed by atoms with E-state index >= 15 is 0 Å². The van der Waals surface area contributed by atoms with Gasteiger partial charge in [-0.25, -0.2) is 4.98 Å². The molecule has 132 valence electrons. The summed E-state index contributed by atoms with van der Waals surface area (Å²) in [5.74, 6) is 0.137. The normalized spacial score (nSPS) is 15.8. The molecule has 0 atom stereocenters. The van der Waals surface area contributed by atoms with Crippen molar-refractivity contribution in [2.75, 3.05) is 13.7 Å². The molecular formula is C20H24N2O3. The van der Waals surface area contributed by atoms with Gasteiger partial charge in [0, 0.05) is 12.7 Å². The molecule has 1 saturated carbocycles. The highest BCUT2D eigenvalue weighted by molar-refractivity contribution is 5.96. The lowest BCUT2D eigenvalue weighted by Crippen LogP contribution is -2.44. The maximum atomic E-state index is 13.2. The van der Waals surface area contributed by atoms with Crippen molar-refractivity contribution in [3.63, 3.8) is 0 Å². The van der Waals surface area contributed by atoms with Crippen LogP contribution in [0.4, 0.5) is 0 Å². The van der Waals surface area contributed by atoms with Gasteiger partial charge in [-0.3, -0.25) is 4.79 Å². The minimum atomic E-state index is -0.806. The summed E-state index contributed by atoms with van der Waals surface area (Å²) in [5, 5.41) is 10.8. The first-order valence-corrected chi connectivity index (χ1v) is 8.66. The van der Waals surface area contributed by atoms with E-state index in [-0.39, 0.29) is 5.91 Å². The fraction of sp³-hybridized carbons (Fsp3) is 0.400. The molecular weight excluding hydrogens is 316 g/mol. The van der Waals surface area contributed by atoms with Gasteiger partial charge in [-0.1, -0.05) is 43.2 Å². The fourth-order valence-corrected chi connectivity index (χ4v) is 3.44. The van der Waals surface area contributed by atoms with Crippen molar-refractivity contribution in [3.05, 3.63) is 59.8 Å². The summed E-state index contributed by atoms with van der Waals surface area (Å²) in [7, 11) is 1.51. The average molecular weight is 340 g/mol. The number of methoxy groups -OCH3 is 1. The van der Waals surface area contributed by atoms with Crippen molar-refractivity contribution >= 4 is 5.91 Å². The lowest BCUT2D eigenvalue weighted by molar-refractivity contribution is 0.00771. The standard InChI is InChI=1S/C20H24N2O3/c1-25-18-17(10-7-13-21-18)19(23)22(14-16-8-3-2-4-9-16)15-20(24)11-5-6-12-20/h2-4,7-10,13,24H,5-6,11-12,14-15H2,1H3. The second-order valence-electron chi connectivity index (χ2n) is 6.64. The summed E-state index contributed by atoms with van der Waals surface area (Å²) < 4.78 is 5.24. The third-order valence-corrected chi connectivity index (χ3v) is 4.72. The van der Waals surface area contributed by atoms with Crippen LogP contribution in [0, 0.1) is 0 Å². The number of benzene rings is 1. The van der Waals surface area contributed by atoms with Gasteiger partial charge in [0.2, 0.25) is 5.88 Å². The number of carbonyl (C=O) groups is 1. The van der Waals surface area contributed by atoms with Crippen LogP contribution in [0.5, 0.6) is 5.88 Å². The van der Waals surface area contributed by atoms with Crippen LogP contribution in [-0.4, -0.2) is 40.2 Å². The van der Waals surface area contributed by atoms with Crippen LogP contribution in [0.25, 0.3) is 0 Å². The first-order chi connectivity index (χ1) is 12.1. The Kier molecular flexibility index (Phi) is 5.34. The van der Waals surface area contributed by atoms with E-state index in [4.69, 9.17) is 4.74 Å². The molecule has 0 saturated heterocycles. The van der Waals surface area contributed by atoms with Crippen LogP contribution in [0.2, 0.25) is 0 Å². The zero-order valence-corrected chi connectivity index (χ0v) is 14.5. The summed E-state index contributed by atoms with van der Waals surface area (Å²) in [6.45, 7) is 0.763. The van der Waals surface area contributed by atoms with E-state index in [1.165, 1.54) is 7.11 Å². The van der Waals surface area contributed by atoms with Gasteiger partial charge in [0.25, 0.3) is 5.91 Å². The van der Waals surface area contributed by atoms with E-state index < -0.39 is 5.60 Å². The molecule has 0 radical (unpaired) electrons. The number of carbonyl (C=O) groups excluding carboxylic acids is 1. The molecule has 5 heteroatoms. The lowest BCUT2D eigenvalue weighted by atomic mass is 10.0. The summed E-state index contributed by atoms with van der Waals surface area (Å²) in [4.78, 5) is 19.0. The molecule has 2 aromatic rings. The Morgan fingerprint density at radius 1 is 1.20 bits per heavy atom. The molecule has 0 spiro atoms. The average Bonchev–Trinajstić information content (AvgIpc) is 3.07. The number of pyridine rings is 1. The number of amides is 1. The van der Waals surface area contributed by atoms with Crippen LogP contribution in [0.15, 0.2) is 48.7 Å². The van der Waals surface area contributed by atoms with Gasteiger partial charge < -0.3 is 14.7 Å². The zero-order valence-electron chi connectivity index (χ0n) is 14.5. The Labute approximate surface area is 148 Å². The maximum absolute atomic E-state index is 13.2. The third kappa shape index (κ3) is 4.17. The molecule has 0 bridgehead atoms. The number of hydrogen-bond donors (Lipinski definition) is 1. The molecule has 1 aromatic carbocycles. The summed E-state index contributed by atoms with van der Waals surface area (Å²) in [6.07, 6.45) is 5.06.